The molecule has 0 atom stereocenters. The zero-order valence-corrected chi connectivity index (χ0v) is 24.8. The number of hydrogen-bond acceptors (Lipinski definition) is 4. The highest BCUT2D eigenvalue weighted by Gasteiger charge is 2.05. The summed E-state index contributed by atoms with van der Waals surface area (Å²) in [6.45, 7) is 2.27. The fourth-order valence-electron chi connectivity index (χ4n) is 4.78. The first-order valence-corrected chi connectivity index (χ1v) is 15.7. The van der Waals surface area contributed by atoms with Crippen LogP contribution in [-0.2, 0) is 4.79 Å². The molecule has 0 unspecified atom stereocenters. The molecule has 0 aliphatic heterocycles. The summed E-state index contributed by atoms with van der Waals surface area (Å²) in [5.41, 5.74) is 1.63. The number of unbranched alkanes of at least 4 members (excludes halogenated alkanes) is 15. The molecule has 220 valence electrons. The van der Waals surface area contributed by atoms with Crippen LogP contribution in [0.1, 0.15) is 134 Å². The molecule has 0 aliphatic carbocycles. The second kappa shape index (κ2) is 21.8. The minimum atomic E-state index is -0.181. The van der Waals surface area contributed by atoms with Gasteiger partial charge in [0.1, 0.15) is 17.2 Å². The number of aromatic hydroxyl groups is 2. The monoisotopic (exact) mass is 548 g/mol. The number of ether oxygens (including phenoxy) is 1. The smallest absolute Gasteiger partial charge is 0.311 e. The van der Waals surface area contributed by atoms with Crippen molar-refractivity contribution < 1.29 is 19.7 Å². The van der Waals surface area contributed by atoms with E-state index in [0.29, 0.717) is 17.7 Å². The van der Waals surface area contributed by atoms with Gasteiger partial charge in [0.2, 0.25) is 0 Å². The van der Waals surface area contributed by atoms with Crippen LogP contribution in [0.25, 0.3) is 12.2 Å². The number of carbonyl (C=O) groups is 1. The molecule has 4 nitrogen and oxygen atoms in total. The van der Waals surface area contributed by atoms with E-state index in [0.717, 1.165) is 18.4 Å². The Morgan fingerprint density at radius 3 is 1.65 bits per heavy atom. The van der Waals surface area contributed by atoms with Gasteiger partial charge in [-0.1, -0.05) is 120 Å². The van der Waals surface area contributed by atoms with Crippen LogP contribution in [0.5, 0.6) is 17.2 Å². The van der Waals surface area contributed by atoms with Gasteiger partial charge in [-0.3, -0.25) is 4.79 Å². The Labute approximate surface area is 243 Å². The normalized spacial score (nSPS) is 11.5. The summed E-state index contributed by atoms with van der Waals surface area (Å²) in [4.78, 5) is 12.2. The lowest BCUT2D eigenvalue weighted by atomic mass is 10.1. The summed E-state index contributed by atoms with van der Waals surface area (Å²) in [5.74, 6) is 0.403. The Bertz CT molecular complexity index is 970. The Morgan fingerprint density at radius 1 is 0.625 bits per heavy atom. The summed E-state index contributed by atoms with van der Waals surface area (Å²) in [6, 6.07) is 11.7. The van der Waals surface area contributed by atoms with Gasteiger partial charge < -0.3 is 14.9 Å². The van der Waals surface area contributed by atoms with Crippen molar-refractivity contribution >= 4 is 18.1 Å². The first-order chi connectivity index (χ1) is 19.6. The third-order valence-corrected chi connectivity index (χ3v) is 7.15. The number of rotatable bonds is 22. The molecule has 0 aliphatic rings. The van der Waals surface area contributed by atoms with Gasteiger partial charge in [-0.15, -0.1) is 0 Å². The van der Waals surface area contributed by atoms with Crippen molar-refractivity contribution in [1.82, 2.24) is 0 Å². The number of benzene rings is 2. The summed E-state index contributed by atoms with van der Waals surface area (Å²) in [7, 11) is 0. The highest BCUT2D eigenvalue weighted by Crippen LogP contribution is 2.22. The standard InChI is InChI=1S/C36H52O4/c1-2-3-4-5-6-7-8-9-10-11-12-13-14-15-16-17-18-19-20-21-36(39)40-35-26-24-31(25-27-35)22-23-32-28-33(37)30-34(38)29-32/h9-10,22-30,37-38H,2-8,11-21H2,1H3/b10-9-,23-22?. The second-order valence-corrected chi connectivity index (χ2v) is 10.9. The fraction of sp³-hybridized carbons (Fsp3) is 0.528. The molecule has 0 spiro atoms. The number of carbonyl (C=O) groups excluding carboxylic acids is 1. The third kappa shape index (κ3) is 16.8. The van der Waals surface area contributed by atoms with Crippen LogP contribution in [0.2, 0.25) is 0 Å². The molecule has 4 heteroatoms. The van der Waals surface area contributed by atoms with Gasteiger partial charge in [-0.2, -0.15) is 0 Å². The summed E-state index contributed by atoms with van der Waals surface area (Å²) in [5, 5.41) is 19.1. The number of phenols is 2. The molecular weight excluding hydrogens is 496 g/mol. The van der Waals surface area contributed by atoms with Crippen molar-refractivity contribution in [3.05, 3.63) is 65.7 Å². The van der Waals surface area contributed by atoms with Crippen molar-refractivity contribution in [2.75, 3.05) is 0 Å². The molecule has 0 aromatic heterocycles. The minimum absolute atomic E-state index is 0.0185. The molecule has 2 aromatic rings. The van der Waals surface area contributed by atoms with Gasteiger partial charge in [-0.25, -0.2) is 0 Å². The number of esters is 1. The van der Waals surface area contributed by atoms with E-state index in [4.69, 9.17) is 4.74 Å². The largest absolute Gasteiger partial charge is 0.508 e. The van der Waals surface area contributed by atoms with Gasteiger partial charge in [0.15, 0.2) is 0 Å². The van der Waals surface area contributed by atoms with Crippen molar-refractivity contribution in [2.45, 2.75) is 122 Å². The average molecular weight is 549 g/mol. The van der Waals surface area contributed by atoms with Crippen molar-refractivity contribution in [2.24, 2.45) is 0 Å². The second-order valence-electron chi connectivity index (χ2n) is 10.9. The van der Waals surface area contributed by atoms with E-state index in [9.17, 15) is 15.0 Å². The van der Waals surface area contributed by atoms with E-state index >= 15 is 0 Å². The molecule has 40 heavy (non-hydrogen) atoms. The predicted octanol–water partition coefficient (Wildman–Crippen LogP) is 10.8. The Morgan fingerprint density at radius 2 is 1.10 bits per heavy atom. The van der Waals surface area contributed by atoms with Gasteiger partial charge in [0.05, 0.1) is 0 Å². The molecule has 0 bridgehead atoms. The molecule has 2 N–H and O–H groups in total. The van der Waals surface area contributed by atoms with Crippen LogP contribution >= 0.6 is 0 Å². The maximum absolute atomic E-state index is 12.2. The SMILES string of the molecule is CCCCCCCC/C=C\CCCCCCCCCCCC(=O)Oc1ccc(C=Cc2cc(O)cc(O)c2)cc1. The Kier molecular flexibility index (Phi) is 18.1. The van der Waals surface area contributed by atoms with Crippen molar-refractivity contribution in [1.29, 1.82) is 0 Å². The van der Waals surface area contributed by atoms with E-state index in [2.05, 4.69) is 19.1 Å². The number of allylic oxidation sites excluding steroid dienone is 2. The van der Waals surface area contributed by atoms with Crippen molar-refractivity contribution in [3.63, 3.8) is 0 Å². The third-order valence-electron chi connectivity index (χ3n) is 7.15. The van der Waals surface area contributed by atoms with Crippen LogP contribution in [0.3, 0.4) is 0 Å². The first kappa shape index (κ1) is 33.2. The fourth-order valence-corrected chi connectivity index (χ4v) is 4.78. The molecule has 0 radical (unpaired) electrons. The van der Waals surface area contributed by atoms with Crippen LogP contribution in [0, 0.1) is 0 Å². The van der Waals surface area contributed by atoms with E-state index in [1.165, 1.54) is 102 Å². The predicted molar refractivity (Wildman–Crippen MR) is 169 cm³/mol. The molecular formula is C36H52O4. The van der Waals surface area contributed by atoms with Crippen LogP contribution in [-0.4, -0.2) is 16.2 Å². The van der Waals surface area contributed by atoms with E-state index in [1.54, 1.807) is 30.3 Å². The quantitative estimate of drug-likeness (QED) is 0.0505. The lowest BCUT2D eigenvalue weighted by Gasteiger charge is -2.05. The molecule has 0 saturated heterocycles. The zero-order valence-electron chi connectivity index (χ0n) is 24.8. The van der Waals surface area contributed by atoms with Gasteiger partial charge in [0, 0.05) is 12.5 Å². The Balaban J connectivity index is 1.42. The summed E-state index contributed by atoms with van der Waals surface area (Å²) < 4.78 is 5.47. The van der Waals surface area contributed by atoms with E-state index < -0.39 is 0 Å². The molecule has 0 heterocycles. The highest BCUT2D eigenvalue weighted by molar-refractivity contribution is 5.73. The van der Waals surface area contributed by atoms with Crippen molar-refractivity contribution in [3.8, 4) is 17.2 Å². The number of hydrogen-bond donors (Lipinski definition) is 2. The lowest BCUT2D eigenvalue weighted by Crippen LogP contribution is -2.07. The lowest BCUT2D eigenvalue weighted by molar-refractivity contribution is -0.134. The van der Waals surface area contributed by atoms with Gasteiger partial charge in [-0.05, 0) is 67.5 Å². The maximum Gasteiger partial charge on any atom is 0.311 e. The average Bonchev–Trinajstić information content (AvgIpc) is 2.93. The Hall–Kier alpha value is -3.01. The summed E-state index contributed by atoms with van der Waals surface area (Å²) >= 11 is 0. The highest BCUT2D eigenvalue weighted by atomic mass is 16.5. The zero-order chi connectivity index (χ0) is 28.7. The van der Waals surface area contributed by atoms with Gasteiger partial charge in [0.25, 0.3) is 0 Å². The molecule has 2 aromatic carbocycles. The maximum atomic E-state index is 12.2. The molecule has 0 saturated carbocycles. The minimum Gasteiger partial charge on any atom is -0.508 e. The molecule has 0 fully saturated rings. The summed E-state index contributed by atoms with van der Waals surface area (Å²) in [6.07, 6.45) is 30.7. The van der Waals surface area contributed by atoms with Gasteiger partial charge >= 0.3 is 5.97 Å². The first-order valence-electron chi connectivity index (χ1n) is 15.7. The molecule has 0 amide bonds. The van der Waals surface area contributed by atoms with E-state index in [-0.39, 0.29) is 17.5 Å². The van der Waals surface area contributed by atoms with E-state index in [1.807, 2.05) is 18.2 Å². The van der Waals surface area contributed by atoms with Crippen LogP contribution in [0.15, 0.2) is 54.6 Å². The van der Waals surface area contributed by atoms with Crippen LogP contribution in [0.4, 0.5) is 0 Å². The number of phenolic OH excluding ortho intramolecular Hbond substituents is 2. The topological polar surface area (TPSA) is 66.8 Å². The molecule has 2 rings (SSSR count). The van der Waals surface area contributed by atoms with Crippen LogP contribution < -0.4 is 4.74 Å².